The van der Waals surface area contributed by atoms with Gasteiger partial charge in [0.25, 0.3) is 0 Å². The van der Waals surface area contributed by atoms with Gasteiger partial charge in [0.05, 0.1) is 6.61 Å². The van der Waals surface area contributed by atoms with Gasteiger partial charge < -0.3 is 4.74 Å². The van der Waals surface area contributed by atoms with Crippen molar-refractivity contribution in [1.29, 1.82) is 0 Å². The predicted octanol–water partition coefficient (Wildman–Crippen LogP) is 2.12. The molecule has 0 atom stereocenters. The minimum absolute atomic E-state index is 0.739. The topological polar surface area (TPSA) is 9.23 Å². The summed E-state index contributed by atoms with van der Waals surface area (Å²) in [5.41, 5.74) is 0. The summed E-state index contributed by atoms with van der Waals surface area (Å²) in [6.45, 7) is 9.35. The summed E-state index contributed by atoms with van der Waals surface area (Å²) in [6.07, 6.45) is 1.23. The zero-order valence-electron chi connectivity index (χ0n) is 7.77. The van der Waals surface area contributed by atoms with Crippen LogP contribution in [0.2, 0.25) is 0 Å². The number of methoxy groups -OCH3 is 1. The second kappa shape index (κ2) is 4.20. The van der Waals surface area contributed by atoms with E-state index >= 15 is 0 Å². The molecule has 62 valence electrons. The summed E-state index contributed by atoms with van der Waals surface area (Å²) >= 11 is 0. The van der Waals surface area contributed by atoms with Gasteiger partial charge in [-0.3, -0.25) is 0 Å². The van der Waals surface area contributed by atoms with Crippen LogP contribution in [0.1, 0.15) is 13.8 Å². The molecule has 0 aromatic heterocycles. The highest BCUT2D eigenvalue weighted by molar-refractivity contribution is 7.74. The molecule has 0 heterocycles. The molecule has 0 aromatic carbocycles. The summed E-state index contributed by atoms with van der Waals surface area (Å²) < 4.78 is 5.04. The van der Waals surface area contributed by atoms with Crippen molar-refractivity contribution in [1.82, 2.24) is 0 Å². The summed E-state index contributed by atoms with van der Waals surface area (Å²) in [5, 5.41) is 1.59. The van der Waals surface area contributed by atoms with Gasteiger partial charge in [-0.25, -0.2) is 0 Å². The van der Waals surface area contributed by atoms with Crippen molar-refractivity contribution in [2.24, 2.45) is 0 Å². The largest absolute Gasteiger partial charge is 0.384 e. The molecule has 0 aliphatic carbocycles. The van der Waals surface area contributed by atoms with Crippen molar-refractivity contribution in [2.45, 2.75) is 13.8 Å². The summed E-state index contributed by atoms with van der Waals surface area (Å²) in [6, 6.07) is 0. The Morgan fingerprint density at radius 3 is 2.10 bits per heavy atom. The van der Waals surface area contributed by atoms with Crippen LogP contribution in [0.15, 0.2) is 0 Å². The molecular weight excluding hydrogens is 143 g/mol. The van der Waals surface area contributed by atoms with E-state index in [9.17, 15) is 0 Å². The van der Waals surface area contributed by atoms with Crippen LogP contribution in [0.3, 0.4) is 0 Å². The highest BCUT2D eigenvalue weighted by Gasteiger charge is 2.03. The molecule has 2 heteroatoms. The number of hydrogen-bond acceptors (Lipinski definition) is 1. The first-order chi connectivity index (χ1) is 4.50. The summed E-state index contributed by atoms with van der Waals surface area (Å²) in [7, 11) is 1.77. The van der Waals surface area contributed by atoms with Crippen LogP contribution >= 0.6 is 6.89 Å². The molecule has 0 aliphatic heterocycles. The van der Waals surface area contributed by atoms with Gasteiger partial charge >= 0.3 is 0 Å². The maximum Gasteiger partial charge on any atom is 0.0501 e. The molecule has 10 heavy (non-hydrogen) atoms. The highest BCUT2D eigenvalue weighted by atomic mass is 31.2. The zero-order chi connectivity index (χ0) is 8.20. The number of rotatable bonds is 3. The van der Waals surface area contributed by atoms with Gasteiger partial charge in [-0.15, -0.1) is 6.89 Å². The van der Waals surface area contributed by atoms with Gasteiger partial charge in [-0.2, -0.15) is 0 Å². The standard InChI is InChI=1S/C8H19OP/c1-8(2)10(4,5)7-6-9-3/h6-7H2,1-5H3. The Bertz CT molecular complexity index is 139. The third-order valence-corrected chi connectivity index (χ3v) is 5.79. The molecule has 0 aliphatic rings. The van der Waals surface area contributed by atoms with Crippen molar-refractivity contribution >= 4 is 12.2 Å². The molecule has 0 rings (SSSR count). The van der Waals surface area contributed by atoms with Crippen molar-refractivity contribution in [2.75, 3.05) is 33.2 Å². The van der Waals surface area contributed by atoms with E-state index in [1.807, 2.05) is 0 Å². The Morgan fingerprint density at radius 1 is 1.30 bits per heavy atom. The van der Waals surface area contributed by atoms with Crippen LogP contribution in [0.5, 0.6) is 0 Å². The smallest absolute Gasteiger partial charge is 0.0501 e. The maximum absolute atomic E-state index is 5.04. The van der Waals surface area contributed by atoms with E-state index in [2.05, 4.69) is 27.2 Å². The Hall–Kier alpha value is 0.260. The quantitative estimate of drug-likeness (QED) is 0.577. The Labute approximate surface area is 64.8 Å². The molecule has 0 bridgehead atoms. The molecule has 0 saturated heterocycles. The maximum atomic E-state index is 5.04. The fourth-order valence-electron chi connectivity index (χ4n) is 0.543. The molecule has 0 unspecified atom stereocenters. The molecule has 0 amide bonds. The van der Waals surface area contributed by atoms with E-state index in [0.717, 1.165) is 6.61 Å². The molecule has 0 fully saturated rings. The highest BCUT2D eigenvalue weighted by Crippen LogP contribution is 2.39. The van der Waals surface area contributed by atoms with E-state index in [-0.39, 0.29) is 0 Å². The van der Waals surface area contributed by atoms with Gasteiger partial charge in [-0.1, -0.05) is 5.29 Å². The Balaban J connectivity index is 4.01. The molecule has 0 spiro atoms. The van der Waals surface area contributed by atoms with Gasteiger partial charge in [0.2, 0.25) is 0 Å². The van der Waals surface area contributed by atoms with Crippen LogP contribution in [0.4, 0.5) is 0 Å². The first-order valence-corrected chi connectivity index (χ1v) is 6.50. The Morgan fingerprint density at radius 2 is 1.80 bits per heavy atom. The molecular formula is C8H19OP. The van der Waals surface area contributed by atoms with Crippen molar-refractivity contribution in [3.63, 3.8) is 0 Å². The first-order valence-electron chi connectivity index (χ1n) is 3.63. The van der Waals surface area contributed by atoms with Gasteiger partial charge in [0.15, 0.2) is 0 Å². The van der Waals surface area contributed by atoms with Crippen LogP contribution in [-0.4, -0.2) is 38.5 Å². The molecule has 0 N–H and O–H groups in total. The van der Waals surface area contributed by atoms with Gasteiger partial charge in [0, 0.05) is 7.11 Å². The average molecular weight is 162 g/mol. The molecule has 0 saturated carbocycles. The molecule has 1 nitrogen and oxygen atoms in total. The third-order valence-electron chi connectivity index (χ3n) is 2.07. The third kappa shape index (κ3) is 3.43. The zero-order valence-corrected chi connectivity index (χ0v) is 8.66. The SMILES string of the molecule is COCCP(C)(C)=C(C)C. The van der Waals surface area contributed by atoms with Crippen LogP contribution in [0.25, 0.3) is 0 Å². The van der Waals surface area contributed by atoms with Crippen molar-refractivity contribution in [3.05, 3.63) is 0 Å². The molecule has 0 radical (unpaired) electrons. The van der Waals surface area contributed by atoms with E-state index in [0.29, 0.717) is 0 Å². The van der Waals surface area contributed by atoms with E-state index in [1.165, 1.54) is 6.16 Å². The fraction of sp³-hybridized carbons (Fsp3) is 0.875. The average Bonchev–Trinajstić information content (AvgIpc) is 1.84. The predicted molar refractivity (Wildman–Crippen MR) is 51.9 cm³/mol. The van der Waals surface area contributed by atoms with E-state index in [4.69, 9.17) is 4.74 Å². The normalized spacial score (nSPS) is 11.7. The first kappa shape index (κ1) is 10.3. The van der Waals surface area contributed by atoms with Gasteiger partial charge in [0.1, 0.15) is 0 Å². The minimum atomic E-state index is -0.739. The summed E-state index contributed by atoms with van der Waals surface area (Å²) in [4.78, 5) is 0. The molecule has 0 aromatic rings. The lowest BCUT2D eigenvalue weighted by Gasteiger charge is -2.17. The lowest BCUT2D eigenvalue weighted by molar-refractivity contribution is 0.218. The minimum Gasteiger partial charge on any atom is -0.384 e. The van der Waals surface area contributed by atoms with Crippen LogP contribution in [-0.2, 0) is 4.74 Å². The lowest BCUT2D eigenvalue weighted by atomic mass is 10.6. The summed E-state index contributed by atoms with van der Waals surface area (Å²) in [5.74, 6) is 0. The van der Waals surface area contributed by atoms with E-state index in [1.54, 1.807) is 12.4 Å². The van der Waals surface area contributed by atoms with Crippen molar-refractivity contribution in [3.8, 4) is 0 Å². The van der Waals surface area contributed by atoms with Crippen molar-refractivity contribution < 1.29 is 4.74 Å². The number of ether oxygens (including phenoxy) is 1. The van der Waals surface area contributed by atoms with Crippen LogP contribution < -0.4 is 0 Å². The van der Waals surface area contributed by atoms with Gasteiger partial charge in [-0.05, 0) is 33.3 Å². The number of hydrogen-bond donors (Lipinski definition) is 0. The lowest BCUT2D eigenvalue weighted by Crippen LogP contribution is -2.01. The fourth-order valence-corrected chi connectivity index (χ4v) is 1.63. The second-order valence-electron chi connectivity index (χ2n) is 3.35. The second-order valence-corrected chi connectivity index (χ2v) is 8.06. The Kier molecular flexibility index (Phi) is 4.31. The van der Waals surface area contributed by atoms with E-state index < -0.39 is 6.89 Å². The van der Waals surface area contributed by atoms with Crippen LogP contribution in [0, 0.1) is 0 Å². The monoisotopic (exact) mass is 162 g/mol.